The molecule has 5 aromatic rings. The van der Waals surface area contributed by atoms with Crippen molar-refractivity contribution in [3.05, 3.63) is 95.5 Å². The number of nitrogens with one attached hydrogen (secondary N) is 1. The van der Waals surface area contributed by atoms with Crippen LogP contribution in [0.1, 0.15) is 0 Å². The maximum Gasteiger partial charge on any atom is 0.267 e. The summed E-state index contributed by atoms with van der Waals surface area (Å²) >= 11 is 7.00. The van der Waals surface area contributed by atoms with Gasteiger partial charge in [-0.1, -0.05) is 12.1 Å². The third kappa shape index (κ3) is 4.95. The summed E-state index contributed by atoms with van der Waals surface area (Å²) in [5.41, 5.74) is -0.123. The second kappa shape index (κ2) is 10.1. The monoisotopic (exact) mass is 577 g/mol. The molecule has 1 N–H and O–H groups in total. The zero-order valence-corrected chi connectivity index (χ0v) is 21.1. The molecule has 0 unspecified atom stereocenters. The Hall–Kier alpha value is -3.94. The molecule has 3 aromatic heterocycles. The van der Waals surface area contributed by atoms with Crippen LogP contribution < -0.4 is 4.72 Å². The lowest BCUT2D eigenvalue weighted by atomic mass is 10.1. The Kier molecular flexibility index (Phi) is 6.82. The van der Waals surface area contributed by atoms with E-state index in [2.05, 4.69) is 19.9 Å². The van der Waals surface area contributed by atoms with Crippen LogP contribution in [0.15, 0.2) is 71.9 Å². The number of pyridine rings is 1. The predicted octanol–water partition coefficient (Wildman–Crippen LogP) is 6.34. The highest BCUT2D eigenvalue weighted by Crippen LogP contribution is 2.41. The number of anilines is 1. The van der Waals surface area contributed by atoms with E-state index in [1.165, 1.54) is 36.5 Å². The average molecular weight is 578 g/mol. The van der Waals surface area contributed by atoms with E-state index in [0.29, 0.717) is 4.88 Å². The highest BCUT2D eigenvalue weighted by molar-refractivity contribution is 7.92. The number of hydrogen-bond acceptors (Lipinski definition) is 7. The topological polar surface area (TPSA) is 97.7 Å². The van der Waals surface area contributed by atoms with Gasteiger partial charge in [0.15, 0.2) is 10.7 Å². The van der Waals surface area contributed by atoms with Crippen molar-refractivity contribution in [3.8, 4) is 32.5 Å². The quantitative estimate of drug-likeness (QED) is 0.187. The van der Waals surface area contributed by atoms with Gasteiger partial charge in [0.05, 0.1) is 33.8 Å². The Bertz CT molecular complexity index is 1760. The molecule has 0 aliphatic heterocycles. The summed E-state index contributed by atoms with van der Waals surface area (Å²) in [5, 5.41) is 0.195. The van der Waals surface area contributed by atoms with Crippen LogP contribution in [0.25, 0.3) is 32.5 Å². The molecule has 38 heavy (non-hydrogen) atoms. The fraction of sp³-hybridized carbons (Fsp3) is 0. The van der Waals surface area contributed by atoms with E-state index in [1.807, 2.05) is 4.72 Å². The van der Waals surface area contributed by atoms with Crippen LogP contribution in [0, 0.1) is 23.3 Å². The Morgan fingerprint density at radius 1 is 0.842 bits per heavy atom. The molecule has 7 nitrogen and oxygen atoms in total. The van der Waals surface area contributed by atoms with Crippen LogP contribution >= 0.6 is 22.9 Å². The molecule has 5 rings (SSSR count). The van der Waals surface area contributed by atoms with E-state index in [9.17, 15) is 21.6 Å². The molecular weight excluding hydrogens is 566 g/mol. The number of sulfonamides is 1. The lowest BCUT2D eigenvalue weighted by Gasteiger charge is -2.12. The van der Waals surface area contributed by atoms with Gasteiger partial charge in [-0.3, -0.25) is 9.71 Å². The number of nitrogens with zero attached hydrogens (tertiary/aromatic N) is 4. The highest BCUT2D eigenvalue weighted by atomic mass is 35.5. The molecule has 2 aromatic carbocycles. The summed E-state index contributed by atoms with van der Waals surface area (Å²) in [4.78, 5) is 15.5. The minimum absolute atomic E-state index is 0.0431. The maximum absolute atomic E-state index is 15.8. The van der Waals surface area contributed by atoms with E-state index in [-0.39, 0.29) is 32.9 Å². The average Bonchev–Trinajstić information content (AvgIpc) is 3.31. The SMILES string of the molecule is O=S(=O)(Nc1cccc(-c2nc(-c3ccc(F)cn3)sc2-c2ccnc(Cl)n2)c1F)c1c(F)cccc1F. The number of aromatic nitrogens is 4. The number of rotatable bonds is 6. The lowest BCUT2D eigenvalue weighted by Crippen LogP contribution is -2.17. The summed E-state index contributed by atoms with van der Waals surface area (Å²) in [6.45, 7) is 0. The number of thiazole rings is 1. The Morgan fingerprint density at radius 2 is 1.58 bits per heavy atom. The van der Waals surface area contributed by atoms with Crippen LogP contribution in [0.4, 0.5) is 23.2 Å². The van der Waals surface area contributed by atoms with Crippen molar-refractivity contribution < 1.29 is 26.0 Å². The van der Waals surface area contributed by atoms with Gasteiger partial charge in [-0.2, -0.15) is 0 Å². The summed E-state index contributed by atoms with van der Waals surface area (Å²) in [5.74, 6) is -4.32. The van der Waals surface area contributed by atoms with E-state index in [4.69, 9.17) is 11.6 Å². The van der Waals surface area contributed by atoms with Crippen LogP contribution in [-0.2, 0) is 10.0 Å². The van der Waals surface area contributed by atoms with E-state index in [1.54, 1.807) is 0 Å². The Labute approximate surface area is 221 Å². The molecule has 0 bridgehead atoms. The molecule has 0 atom stereocenters. The van der Waals surface area contributed by atoms with E-state index >= 15 is 4.39 Å². The lowest BCUT2D eigenvalue weighted by molar-refractivity contribution is 0.521. The molecule has 14 heteroatoms. The van der Waals surface area contributed by atoms with Gasteiger partial charge in [0, 0.05) is 11.8 Å². The zero-order chi connectivity index (χ0) is 27.0. The van der Waals surface area contributed by atoms with Crippen molar-refractivity contribution in [1.29, 1.82) is 0 Å². The number of halogens is 5. The van der Waals surface area contributed by atoms with Crippen molar-refractivity contribution in [2.24, 2.45) is 0 Å². The van der Waals surface area contributed by atoms with Crippen LogP contribution in [0.3, 0.4) is 0 Å². The minimum Gasteiger partial charge on any atom is -0.276 e. The van der Waals surface area contributed by atoms with Crippen molar-refractivity contribution in [2.75, 3.05) is 4.72 Å². The molecule has 0 saturated carbocycles. The molecule has 0 radical (unpaired) electrons. The maximum atomic E-state index is 15.8. The summed E-state index contributed by atoms with van der Waals surface area (Å²) in [6, 6.07) is 10.4. The summed E-state index contributed by atoms with van der Waals surface area (Å²) in [6.07, 6.45) is 2.38. The molecular formula is C24H12ClF4N5O2S2. The van der Waals surface area contributed by atoms with Crippen LogP contribution in [-0.4, -0.2) is 28.4 Å². The van der Waals surface area contributed by atoms with Gasteiger partial charge in [0.25, 0.3) is 10.0 Å². The second-order valence-electron chi connectivity index (χ2n) is 7.59. The summed E-state index contributed by atoms with van der Waals surface area (Å²) in [7, 11) is -4.85. The molecule has 0 spiro atoms. The van der Waals surface area contributed by atoms with Gasteiger partial charge < -0.3 is 0 Å². The first kappa shape index (κ1) is 25.7. The van der Waals surface area contributed by atoms with Gasteiger partial charge in [-0.25, -0.2) is 40.9 Å². The molecule has 0 aliphatic rings. The van der Waals surface area contributed by atoms with Gasteiger partial charge in [-0.15, -0.1) is 11.3 Å². The van der Waals surface area contributed by atoms with E-state index < -0.39 is 43.9 Å². The number of hydrogen-bond donors (Lipinski definition) is 1. The smallest absolute Gasteiger partial charge is 0.267 e. The second-order valence-corrected chi connectivity index (χ2v) is 10.5. The first-order chi connectivity index (χ1) is 18.1. The fourth-order valence-electron chi connectivity index (χ4n) is 3.48. The molecule has 0 aliphatic carbocycles. The first-order valence-electron chi connectivity index (χ1n) is 10.5. The largest absolute Gasteiger partial charge is 0.276 e. The van der Waals surface area contributed by atoms with Crippen molar-refractivity contribution >= 4 is 38.6 Å². The van der Waals surface area contributed by atoms with Gasteiger partial charge in [0.2, 0.25) is 5.28 Å². The molecule has 0 saturated heterocycles. The Morgan fingerprint density at radius 3 is 2.26 bits per heavy atom. The molecule has 0 fully saturated rings. The third-order valence-electron chi connectivity index (χ3n) is 5.12. The summed E-state index contributed by atoms with van der Waals surface area (Å²) < 4.78 is 84.8. The standard InChI is InChI=1S/C24H12ClF4N5O2S2/c25-24-30-10-9-17(32-24)21-20(33-23(37-21)18-8-7-12(26)11-31-18)13-3-1-6-16(19(13)29)34-38(35,36)22-14(27)4-2-5-15(22)28/h1-11,34H. The third-order valence-corrected chi connectivity index (χ3v) is 7.82. The van der Waals surface area contributed by atoms with Gasteiger partial charge in [-0.05, 0) is 54.1 Å². The van der Waals surface area contributed by atoms with Crippen LogP contribution in [0.2, 0.25) is 5.28 Å². The molecule has 3 heterocycles. The van der Waals surface area contributed by atoms with Crippen molar-refractivity contribution in [2.45, 2.75) is 4.90 Å². The van der Waals surface area contributed by atoms with Gasteiger partial charge >= 0.3 is 0 Å². The highest BCUT2D eigenvalue weighted by Gasteiger charge is 2.27. The van der Waals surface area contributed by atoms with E-state index in [0.717, 1.165) is 41.8 Å². The van der Waals surface area contributed by atoms with Crippen molar-refractivity contribution in [3.63, 3.8) is 0 Å². The minimum atomic E-state index is -4.85. The zero-order valence-electron chi connectivity index (χ0n) is 18.7. The normalized spacial score (nSPS) is 11.5. The Balaban J connectivity index is 1.64. The molecule has 0 amide bonds. The van der Waals surface area contributed by atoms with Crippen LogP contribution in [0.5, 0.6) is 0 Å². The number of benzene rings is 2. The van der Waals surface area contributed by atoms with Gasteiger partial charge in [0.1, 0.15) is 22.5 Å². The van der Waals surface area contributed by atoms with Crippen molar-refractivity contribution in [1.82, 2.24) is 19.9 Å². The fourth-order valence-corrected chi connectivity index (χ4v) is 5.85. The molecule has 192 valence electrons. The predicted molar refractivity (Wildman–Crippen MR) is 134 cm³/mol. The first-order valence-corrected chi connectivity index (χ1v) is 13.2.